The highest BCUT2D eigenvalue weighted by Crippen LogP contribution is 2.36. The molecule has 0 aliphatic rings. The molecule has 0 atom stereocenters. The van der Waals surface area contributed by atoms with E-state index in [1.165, 1.54) is 15.6 Å². The number of ether oxygens (including phenoxy) is 1. The molecule has 0 saturated heterocycles. The Morgan fingerprint density at radius 1 is 1.27 bits per heavy atom. The zero-order valence-electron chi connectivity index (χ0n) is 16.9. The average Bonchev–Trinajstić information content (AvgIpc) is 3.04. The molecule has 0 saturated carbocycles. The number of carbonyl (C=O) groups is 1. The van der Waals surface area contributed by atoms with Crippen molar-refractivity contribution in [1.82, 2.24) is 14.8 Å². The second-order valence-electron chi connectivity index (χ2n) is 6.60. The highest BCUT2D eigenvalue weighted by Gasteiger charge is 2.30. The van der Waals surface area contributed by atoms with E-state index in [1.54, 1.807) is 6.92 Å². The first-order valence-electron chi connectivity index (χ1n) is 9.28. The Kier molecular flexibility index (Phi) is 5.95. The molecule has 1 amide bonds. The van der Waals surface area contributed by atoms with Gasteiger partial charge >= 0.3 is 11.8 Å². The number of rotatable bonds is 6. The SMILES string of the molecule is CCOC(=O)N(Cc1ccccc1)c1cc(-n2nc(C)cc2C)nc(N)c1[N+](=O)[O-]. The van der Waals surface area contributed by atoms with Gasteiger partial charge in [0.25, 0.3) is 0 Å². The smallest absolute Gasteiger partial charge is 0.414 e. The van der Waals surface area contributed by atoms with Crippen LogP contribution in [-0.4, -0.2) is 32.4 Å². The van der Waals surface area contributed by atoms with Crippen LogP contribution in [0.3, 0.4) is 0 Å². The zero-order chi connectivity index (χ0) is 21.8. The maximum atomic E-state index is 12.8. The number of pyridine rings is 1. The van der Waals surface area contributed by atoms with E-state index in [0.29, 0.717) is 0 Å². The molecule has 2 N–H and O–H groups in total. The van der Waals surface area contributed by atoms with Gasteiger partial charge in [0, 0.05) is 11.8 Å². The second-order valence-corrected chi connectivity index (χ2v) is 6.60. The molecule has 0 aliphatic heterocycles. The Bertz CT molecular complexity index is 1080. The molecule has 0 aliphatic carbocycles. The minimum Gasteiger partial charge on any atom is -0.449 e. The molecule has 0 bridgehead atoms. The molecule has 30 heavy (non-hydrogen) atoms. The van der Waals surface area contributed by atoms with Crippen LogP contribution in [-0.2, 0) is 11.3 Å². The fourth-order valence-electron chi connectivity index (χ4n) is 3.11. The molecule has 0 spiro atoms. The van der Waals surface area contributed by atoms with Crippen molar-refractivity contribution in [3.8, 4) is 5.82 Å². The summed E-state index contributed by atoms with van der Waals surface area (Å²) in [5, 5.41) is 16.1. The number of nitrogens with zero attached hydrogens (tertiary/aromatic N) is 5. The van der Waals surface area contributed by atoms with Crippen LogP contribution >= 0.6 is 0 Å². The Morgan fingerprint density at radius 2 is 1.97 bits per heavy atom. The molecular formula is C20H22N6O4. The van der Waals surface area contributed by atoms with Gasteiger partial charge in [-0.05, 0) is 32.4 Å². The van der Waals surface area contributed by atoms with Gasteiger partial charge in [-0.25, -0.2) is 14.5 Å². The van der Waals surface area contributed by atoms with Crippen LogP contribution in [0.15, 0.2) is 42.5 Å². The van der Waals surface area contributed by atoms with Gasteiger partial charge in [-0.3, -0.25) is 15.0 Å². The van der Waals surface area contributed by atoms with Crippen LogP contribution in [0.25, 0.3) is 5.82 Å². The fraction of sp³-hybridized carbons (Fsp3) is 0.250. The van der Waals surface area contributed by atoms with Crippen molar-refractivity contribution in [2.45, 2.75) is 27.3 Å². The number of benzene rings is 1. The number of amides is 1. The Balaban J connectivity index is 2.20. The minimum absolute atomic E-state index is 0.0163. The van der Waals surface area contributed by atoms with Gasteiger partial charge in [-0.2, -0.15) is 5.10 Å². The predicted molar refractivity (Wildman–Crippen MR) is 112 cm³/mol. The van der Waals surface area contributed by atoms with E-state index in [2.05, 4.69) is 10.1 Å². The van der Waals surface area contributed by atoms with E-state index >= 15 is 0 Å². The number of nitro groups is 1. The van der Waals surface area contributed by atoms with Crippen LogP contribution in [0.4, 0.5) is 22.0 Å². The average molecular weight is 410 g/mol. The lowest BCUT2D eigenvalue weighted by molar-refractivity contribution is -0.383. The zero-order valence-corrected chi connectivity index (χ0v) is 16.9. The summed E-state index contributed by atoms with van der Waals surface area (Å²) in [5.41, 5.74) is 7.75. The lowest BCUT2D eigenvalue weighted by Gasteiger charge is -2.23. The summed E-state index contributed by atoms with van der Waals surface area (Å²) in [6.45, 7) is 5.48. The van der Waals surface area contributed by atoms with Crippen LogP contribution in [0.5, 0.6) is 0 Å². The molecule has 3 rings (SSSR count). The quantitative estimate of drug-likeness (QED) is 0.486. The highest BCUT2D eigenvalue weighted by atomic mass is 16.6. The van der Waals surface area contributed by atoms with Gasteiger partial charge in [0.2, 0.25) is 5.82 Å². The second kappa shape index (κ2) is 8.60. The van der Waals surface area contributed by atoms with Gasteiger partial charge in [0.05, 0.1) is 23.8 Å². The number of carbonyl (C=O) groups excluding carboxylic acids is 1. The Hall–Kier alpha value is -3.95. The van der Waals surface area contributed by atoms with Crippen molar-refractivity contribution in [3.63, 3.8) is 0 Å². The highest BCUT2D eigenvalue weighted by molar-refractivity contribution is 5.93. The standard InChI is InChI=1S/C20H22N6O4/c1-4-30-20(27)24(12-15-8-6-5-7-9-15)16-11-17(22-19(21)18(16)26(28)29)25-14(3)10-13(2)23-25/h5-11H,4,12H2,1-3H3,(H2,21,22). The first-order chi connectivity index (χ1) is 14.3. The number of aromatic nitrogens is 3. The van der Waals surface area contributed by atoms with Gasteiger partial charge in [0.15, 0.2) is 5.82 Å². The number of nitrogen functional groups attached to an aromatic ring is 1. The summed E-state index contributed by atoms with van der Waals surface area (Å²) < 4.78 is 6.68. The molecule has 2 aromatic heterocycles. The molecule has 0 unspecified atom stereocenters. The largest absolute Gasteiger partial charge is 0.449 e. The summed E-state index contributed by atoms with van der Waals surface area (Å²) in [6.07, 6.45) is -0.727. The first kappa shape index (κ1) is 20.8. The van der Waals surface area contributed by atoms with Crippen molar-refractivity contribution in [3.05, 3.63) is 69.5 Å². The molecule has 1 aromatic carbocycles. The number of hydrogen-bond acceptors (Lipinski definition) is 7. The van der Waals surface area contributed by atoms with E-state index in [9.17, 15) is 14.9 Å². The fourth-order valence-corrected chi connectivity index (χ4v) is 3.11. The van der Waals surface area contributed by atoms with Crippen molar-refractivity contribution in [2.75, 3.05) is 17.2 Å². The third kappa shape index (κ3) is 4.22. The van der Waals surface area contributed by atoms with Gasteiger partial charge in [-0.15, -0.1) is 0 Å². The molecule has 10 nitrogen and oxygen atoms in total. The summed E-state index contributed by atoms with van der Waals surface area (Å²) in [4.78, 5) is 29.2. The molecule has 3 aromatic rings. The summed E-state index contributed by atoms with van der Waals surface area (Å²) in [5.74, 6) is -0.0523. The Morgan fingerprint density at radius 3 is 2.53 bits per heavy atom. The number of aryl methyl sites for hydroxylation is 2. The number of hydrogen-bond donors (Lipinski definition) is 1. The first-order valence-corrected chi connectivity index (χ1v) is 9.28. The monoisotopic (exact) mass is 410 g/mol. The maximum absolute atomic E-state index is 12.8. The van der Waals surface area contributed by atoms with Gasteiger partial charge in [0.1, 0.15) is 5.69 Å². The maximum Gasteiger partial charge on any atom is 0.414 e. The lowest BCUT2D eigenvalue weighted by atomic mass is 10.2. The molecular weight excluding hydrogens is 388 g/mol. The molecule has 2 heterocycles. The van der Waals surface area contributed by atoms with E-state index < -0.39 is 16.7 Å². The molecule has 0 radical (unpaired) electrons. The topological polar surface area (TPSA) is 129 Å². The van der Waals surface area contributed by atoms with E-state index in [-0.39, 0.29) is 30.5 Å². The molecule has 0 fully saturated rings. The lowest BCUT2D eigenvalue weighted by Crippen LogP contribution is -2.32. The van der Waals surface area contributed by atoms with Crippen LogP contribution < -0.4 is 10.6 Å². The van der Waals surface area contributed by atoms with Crippen molar-refractivity contribution < 1.29 is 14.5 Å². The third-order valence-corrected chi connectivity index (χ3v) is 4.36. The predicted octanol–water partition coefficient (Wildman–Crippen LogP) is 3.54. The van der Waals surface area contributed by atoms with E-state index in [1.807, 2.05) is 50.2 Å². The van der Waals surface area contributed by atoms with Crippen LogP contribution in [0.2, 0.25) is 0 Å². The number of anilines is 2. The van der Waals surface area contributed by atoms with E-state index in [0.717, 1.165) is 17.0 Å². The van der Waals surface area contributed by atoms with Crippen molar-refractivity contribution >= 4 is 23.3 Å². The van der Waals surface area contributed by atoms with Crippen LogP contribution in [0.1, 0.15) is 23.9 Å². The molecule has 156 valence electrons. The summed E-state index contributed by atoms with van der Waals surface area (Å²) in [7, 11) is 0. The van der Waals surface area contributed by atoms with Crippen molar-refractivity contribution in [2.24, 2.45) is 0 Å². The Labute approximate surface area is 173 Å². The third-order valence-electron chi connectivity index (χ3n) is 4.36. The van der Waals surface area contributed by atoms with Crippen LogP contribution in [0, 0.1) is 24.0 Å². The van der Waals surface area contributed by atoms with Gasteiger partial charge in [-0.1, -0.05) is 30.3 Å². The molecule has 10 heteroatoms. The minimum atomic E-state index is -0.727. The van der Waals surface area contributed by atoms with Gasteiger partial charge < -0.3 is 10.5 Å². The van der Waals surface area contributed by atoms with E-state index in [4.69, 9.17) is 10.5 Å². The van der Waals surface area contributed by atoms with Crippen molar-refractivity contribution in [1.29, 1.82) is 0 Å². The normalized spacial score (nSPS) is 10.6. The summed E-state index contributed by atoms with van der Waals surface area (Å²) in [6, 6.07) is 12.4. The number of nitrogens with two attached hydrogens (primary N) is 1. The summed E-state index contributed by atoms with van der Waals surface area (Å²) >= 11 is 0.